The Balaban J connectivity index is 1.46. The Morgan fingerprint density at radius 2 is 1.89 bits per heavy atom. The Bertz CT molecular complexity index is 788. The highest BCUT2D eigenvalue weighted by Gasteiger charge is 2.23. The van der Waals surface area contributed by atoms with Crippen molar-refractivity contribution in [3.05, 3.63) is 65.7 Å². The largest absolute Gasteiger partial charge is 0.354 e. The highest BCUT2D eigenvalue weighted by Crippen LogP contribution is 2.27. The SMILES string of the molecule is CN=C(NCC(=O)N1CCc2ccccc21)NC(C)CCc1ccccc1. The van der Waals surface area contributed by atoms with Gasteiger partial charge in [-0.1, -0.05) is 48.5 Å². The maximum Gasteiger partial charge on any atom is 0.246 e. The van der Waals surface area contributed by atoms with Crippen LogP contribution in [-0.4, -0.2) is 38.0 Å². The van der Waals surface area contributed by atoms with Gasteiger partial charge >= 0.3 is 0 Å². The lowest BCUT2D eigenvalue weighted by molar-refractivity contribution is -0.117. The van der Waals surface area contributed by atoms with Gasteiger partial charge in [-0.15, -0.1) is 0 Å². The normalized spacial score (nSPS) is 14.6. The Kier molecular flexibility index (Phi) is 6.47. The Labute approximate surface area is 161 Å². The number of benzene rings is 2. The lowest BCUT2D eigenvalue weighted by Crippen LogP contribution is -2.47. The summed E-state index contributed by atoms with van der Waals surface area (Å²) < 4.78 is 0. The number of para-hydroxylation sites is 1. The second-order valence-electron chi connectivity index (χ2n) is 6.92. The van der Waals surface area contributed by atoms with Crippen LogP contribution in [0.15, 0.2) is 59.6 Å². The van der Waals surface area contributed by atoms with Gasteiger partial charge in [-0.2, -0.15) is 0 Å². The molecule has 5 nitrogen and oxygen atoms in total. The Morgan fingerprint density at radius 1 is 1.15 bits per heavy atom. The van der Waals surface area contributed by atoms with Crippen molar-refractivity contribution < 1.29 is 4.79 Å². The van der Waals surface area contributed by atoms with Gasteiger partial charge in [0.15, 0.2) is 5.96 Å². The van der Waals surface area contributed by atoms with Crippen LogP contribution in [0.2, 0.25) is 0 Å². The molecule has 27 heavy (non-hydrogen) atoms. The summed E-state index contributed by atoms with van der Waals surface area (Å²) in [6.07, 6.45) is 2.93. The molecular weight excluding hydrogens is 336 g/mol. The molecule has 2 aromatic rings. The van der Waals surface area contributed by atoms with Gasteiger partial charge in [0.25, 0.3) is 0 Å². The standard InChI is InChI=1S/C22H28N4O/c1-17(12-13-18-8-4-3-5-9-18)25-22(23-2)24-16-21(27)26-15-14-19-10-6-7-11-20(19)26/h3-11,17H,12-16H2,1-2H3,(H2,23,24,25). The summed E-state index contributed by atoms with van der Waals surface area (Å²) in [6.45, 7) is 3.12. The molecule has 0 saturated heterocycles. The number of aryl methyl sites for hydroxylation is 1. The quantitative estimate of drug-likeness (QED) is 0.612. The van der Waals surface area contributed by atoms with Gasteiger partial charge in [0.1, 0.15) is 0 Å². The molecule has 0 radical (unpaired) electrons. The van der Waals surface area contributed by atoms with E-state index < -0.39 is 0 Å². The van der Waals surface area contributed by atoms with Gasteiger partial charge in [-0.05, 0) is 43.4 Å². The third-order valence-corrected chi connectivity index (χ3v) is 4.91. The van der Waals surface area contributed by atoms with Gasteiger partial charge in [0.05, 0.1) is 6.54 Å². The molecule has 1 heterocycles. The maximum atomic E-state index is 12.6. The summed E-state index contributed by atoms with van der Waals surface area (Å²) in [5.74, 6) is 0.733. The first-order chi connectivity index (χ1) is 13.2. The molecule has 0 saturated carbocycles. The number of nitrogens with one attached hydrogen (secondary N) is 2. The Hall–Kier alpha value is -2.82. The summed E-state index contributed by atoms with van der Waals surface area (Å²) >= 11 is 0. The zero-order chi connectivity index (χ0) is 19.1. The van der Waals surface area contributed by atoms with Crippen LogP contribution in [-0.2, 0) is 17.6 Å². The summed E-state index contributed by atoms with van der Waals surface area (Å²) in [4.78, 5) is 18.7. The second kappa shape index (κ2) is 9.21. The van der Waals surface area contributed by atoms with Crippen molar-refractivity contribution in [2.75, 3.05) is 25.0 Å². The van der Waals surface area contributed by atoms with E-state index in [1.165, 1.54) is 11.1 Å². The molecule has 1 aliphatic heterocycles. The number of guanidine groups is 1. The Morgan fingerprint density at radius 3 is 2.67 bits per heavy atom. The molecule has 1 atom stereocenters. The van der Waals surface area contributed by atoms with E-state index >= 15 is 0 Å². The number of rotatable bonds is 6. The zero-order valence-electron chi connectivity index (χ0n) is 16.1. The fourth-order valence-corrected chi connectivity index (χ4v) is 3.38. The van der Waals surface area contributed by atoms with E-state index in [-0.39, 0.29) is 18.5 Å². The van der Waals surface area contributed by atoms with Crippen molar-refractivity contribution in [2.24, 2.45) is 4.99 Å². The van der Waals surface area contributed by atoms with Crippen LogP contribution in [0, 0.1) is 0 Å². The first-order valence-corrected chi connectivity index (χ1v) is 9.56. The lowest BCUT2D eigenvalue weighted by Gasteiger charge is -2.20. The molecule has 5 heteroatoms. The third kappa shape index (κ3) is 5.09. The molecule has 0 fully saturated rings. The van der Waals surface area contributed by atoms with Crippen molar-refractivity contribution in [2.45, 2.75) is 32.2 Å². The minimum Gasteiger partial charge on any atom is -0.354 e. The van der Waals surface area contributed by atoms with E-state index in [0.29, 0.717) is 5.96 Å². The van der Waals surface area contributed by atoms with E-state index in [0.717, 1.165) is 31.5 Å². The molecule has 1 unspecified atom stereocenters. The highest BCUT2D eigenvalue weighted by atomic mass is 16.2. The molecule has 2 N–H and O–H groups in total. The summed E-state index contributed by atoms with van der Waals surface area (Å²) in [6, 6.07) is 18.8. The molecule has 0 aliphatic carbocycles. The van der Waals surface area contributed by atoms with Gasteiger partial charge in [0.2, 0.25) is 5.91 Å². The highest BCUT2D eigenvalue weighted by molar-refractivity contribution is 5.98. The molecule has 1 aliphatic rings. The predicted octanol–water partition coefficient (Wildman–Crippen LogP) is 2.76. The van der Waals surface area contributed by atoms with Crippen LogP contribution < -0.4 is 15.5 Å². The second-order valence-corrected chi connectivity index (χ2v) is 6.92. The number of anilines is 1. The number of carbonyl (C=O) groups is 1. The average Bonchev–Trinajstić information content (AvgIpc) is 3.14. The average molecular weight is 364 g/mol. The number of aliphatic imine (C=N–C) groups is 1. The summed E-state index contributed by atoms with van der Waals surface area (Å²) in [5, 5.41) is 6.52. The molecule has 0 spiro atoms. The van der Waals surface area contributed by atoms with Crippen LogP contribution in [0.5, 0.6) is 0 Å². The number of fused-ring (bicyclic) bond motifs is 1. The predicted molar refractivity (Wildman–Crippen MR) is 111 cm³/mol. The first kappa shape index (κ1) is 19.0. The van der Waals surface area contributed by atoms with Crippen molar-refractivity contribution in [1.29, 1.82) is 0 Å². The molecule has 1 amide bonds. The van der Waals surface area contributed by atoms with Crippen LogP contribution in [0.3, 0.4) is 0 Å². The van der Waals surface area contributed by atoms with E-state index in [1.807, 2.05) is 29.2 Å². The molecule has 2 aromatic carbocycles. The molecule has 3 rings (SSSR count). The van der Waals surface area contributed by atoms with E-state index in [1.54, 1.807) is 7.05 Å². The molecular formula is C22H28N4O. The zero-order valence-corrected chi connectivity index (χ0v) is 16.1. The van der Waals surface area contributed by atoms with Gasteiger partial charge in [-0.25, -0.2) is 0 Å². The number of hydrogen-bond acceptors (Lipinski definition) is 2. The third-order valence-electron chi connectivity index (χ3n) is 4.91. The molecule has 142 valence electrons. The maximum absolute atomic E-state index is 12.6. The number of carbonyl (C=O) groups excluding carboxylic acids is 1. The van der Waals surface area contributed by atoms with Crippen molar-refractivity contribution in [3.63, 3.8) is 0 Å². The molecule has 0 bridgehead atoms. The topological polar surface area (TPSA) is 56.7 Å². The number of amides is 1. The van der Waals surface area contributed by atoms with Crippen LogP contribution >= 0.6 is 0 Å². The number of hydrogen-bond donors (Lipinski definition) is 2. The lowest BCUT2D eigenvalue weighted by atomic mass is 10.1. The molecule has 0 aromatic heterocycles. The first-order valence-electron chi connectivity index (χ1n) is 9.56. The van der Waals surface area contributed by atoms with Gasteiger partial charge < -0.3 is 15.5 Å². The smallest absolute Gasteiger partial charge is 0.246 e. The van der Waals surface area contributed by atoms with E-state index in [9.17, 15) is 4.79 Å². The van der Waals surface area contributed by atoms with Crippen LogP contribution in [0.25, 0.3) is 0 Å². The fourth-order valence-electron chi connectivity index (χ4n) is 3.38. The number of nitrogens with zero attached hydrogens (tertiary/aromatic N) is 2. The van der Waals surface area contributed by atoms with Gasteiger partial charge in [0, 0.05) is 25.3 Å². The monoisotopic (exact) mass is 364 g/mol. The van der Waals surface area contributed by atoms with Gasteiger partial charge in [-0.3, -0.25) is 9.79 Å². The van der Waals surface area contributed by atoms with Crippen molar-refractivity contribution in [3.8, 4) is 0 Å². The summed E-state index contributed by atoms with van der Waals surface area (Å²) in [5.41, 5.74) is 3.60. The van der Waals surface area contributed by atoms with Crippen molar-refractivity contribution >= 4 is 17.6 Å². The summed E-state index contributed by atoms with van der Waals surface area (Å²) in [7, 11) is 1.73. The van der Waals surface area contributed by atoms with Crippen LogP contribution in [0.1, 0.15) is 24.5 Å². The van der Waals surface area contributed by atoms with Crippen LogP contribution in [0.4, 0.5) is 5.69 Å². The van der Waals surface area contributed by atoms with E-state index in [2.05, 4.69) is 52.9 Å². The van der Waals surface area contributed by atoms with Crippen molar-refractivity contribution in [1.82, 2.24) is 10.6 Å². The fraction of sp³-hybridized carbons (Fsp3) is 0.364. The minimum atomic E-state index is 0.0693. The van der Waals surface area contributed by atoms with E-state index in [4.69, 9.17) is 0 Å². The minimum absolute atomic E-state index is 0.0693.